The molecule has 5 nitrogen and oxygen atoms in total. The largest absolute Gasteiger partial charge is 0.497 e. The average molecular weight is 340 g/mol. The first-order chi connectivity index (χ1) is 12.1. The van der Waals surface area contributed by atoms with E-state index in [9.17, 15) is 4.79 Å². The van der Waals surface area contributed by atoms with Crippen molar-refractivity contribution in [3.8, 4) is 11.5 Å². The van der Waals surface area contributed by atoms with Crippen LogP contribution in [0.4, 0.5) is 5.69 Å². The molecule has 2 aromatic carbocycles. The van der Waals surface area contributed by atoms with E-state index in [0.29, 0.717) is 6.54 Å². The van der Waals surface area contributed by atoms with Crippen LogP contribution in [0, 0.1) is 0 Å². The van der Waals surface area contributed by atoms with Crippen LogP contribution in [0.2, 0.25) is 0 Å². The minimum atomic E-state index is -0.171. The average Bonchev–Trinajstić information content (AvgIpc) is 3.04. The van der Waals surface area contributed by atoms with Crippen molar-refractivity contribution in [1.82, 2.24) is 5.32 Å². The summed E-state index contributed by atoms with van der Waals surface area (Å²) in [6.45, 7) is 3.18. The van der Waals surface area contributed by atoms with Gasteiger partial charge in [-0.1, -0.05) is 18.2 Å². The van der Waals surface area contributed by atoms with Gasteiger partial charge in [0.25, 0.3) is 0 Å². The van der Waals surface area contributed by atoms with Gasteiger partial charge in [-0.05, 0) is 43.2 Å². The molecular weight excluding hydrogens is 316 g/mol. The third-order valence-corrected chi connectivity index (χ3v) is 4.60. The Morgan fingerprint density at radius 1 is 1.20 bits per heavy atom. The zero-order valence-electron chi connectivity index (χ0n) is 14.9. The number of methoxy groups -OCH3 is 2. The van der Waals surface area contributed by atoms with Crippen LogP contribution in [0.3, 0.4) is 0 Å². The van der Waals surface area contributed by atoms with E-state index in [1.54, 1.807) is 14.2 Å². The SMILES string of the molecule is COc1ccc(OC)c([C@H](C)NC(=O)CN2CCc3ccccc32)c1. The van der Waals surface area contributed by atoms with E-state index in [-0.39, 0.29) is 11.9 Å². The molecule has 3 rings (SSSR count). The van der Waals surface area contributed by atoms with E-state index < -0.39 is 0 Å². The highest BCUT2D eigenvalue weighted by Crippen LogP contribution is 2.30. The molecule has 0 saturated carbocycles. The Labute approximate surface area is 148 Å². The maximum Gasteiger partial charge on any atom is 0.239 e. The molecule has 1 heterocycles. The fourth-order valence-corrected chi connectivity index (χ4v) is 3.29. The van der Waals surface area contributed by atoms with E-state index in [1.165, 1.54) is 5.56 Å². The molecule has 0 unspecified atom stereocenters. The number of benzene rings is 2. The second-order valence-electron chi connectivity index (χ2n) is 6.20. The zero-order chi connectivity index (χ0) is 17.8. The van der Waals surface area contributed by atoms with Crippen molar-refractivity contribution in [1.29, 1.82) is 0 Å². The lowest BCUT2D eigenvalue weighted by molar-refractivity contribution is -0.120. The van der Waals surface area contributed by atoms with Crippen molar-refractivity contribution in [3.05, 3.63) is 53.6 Å². The number of carbonyl (C=O) groups excluding carboxylic acids is 1. The van der Waals surface area contributed by atoms with Crippen molar-refractivity contribution < 1.29 is 14.3 Å². The fourth-order valence-electron chi connectivity index (χ4n) is 3.29. The first-order valence-corrected chi connectivity index (χ1v) is 8.46. The second kappa shape index (κ2) is 7.47. The lowest BCUT2D eigenvalue weighted by Crippen LogP contribution is -2.37. The molecule has 1 aliphatic heterocycles. The van der Waals surface area contributed by atoms with Crippen LogP contribution in [0.5, 0.6) is 11.5 Å². The van der Waals surface area contributed by atoms with Gasteiger partial charge >= 0.3 is 0 Å². The smallest absolute Gasteiger partial charge is 0.239 e. The number of ether oxygens (including phenoxy) is 2. The van der Waals surface area contributed by atoms with Gasteiger partial charge in [0.1, 0.15) is 11.5 Å². The molecule has 0 fully saturated rings. The predicted octanol–water partition coefficient (Wildman–Crippen LogP) is 2.94. The molecule has 25 heavy (non-hydrogen) atoms. The van der Waals surface area contributed by atoms with Gasteiger partial charge in [0.15, 0.2) is 0 Å². The molecule has 1 amide bonds. The number of rotatable bonds is 6. The lowest BCUT2D eigenvalue weighted by atomic mass is 10.1. The summed E-state index contributed by atoms with van der Waals surface area (Å²) in [7, 11) is 3.25. The highest BCUT2D eigenvalue weighted by atomic mass is 16.5. The summed E-state index contributed by atoms with van der Waals surface area (Å²) >= 11 is 0. The summed E-state index contributed by atoms with van der Waals surface area (Å²) < 4.78 is 10.7. The molecule has 5 heteroatoms. The van der Waals surface area contributed by atoms with Gasteiger partial charge in [-0.25, -0.2) is 0 Å². The fraction of sp³-hybridized carbons (Fsp3) is 0.350. The number of hydrogen-bond donors (Lipinski definition) is 1. The minimum Gasteiger partial charge on any atom is -0.497 e. The predicted molar refractivity (Wildman–Crippen MR) is 98.5 cm³/mol. The van der Waals surface area contributed by atoms with Gasteiger partial charge in [-0.3, -0.25) is 4.79 Å². The molecule has 0 spiro atoms. The molecule has 0 saturated heterocycles. The van der Waals surface area contributed by atoms with E-state index in [0.717, 1.165) is 35.7 Å². The summed E-state index contributed by atoms with van der Waals surface area (Å²) in [5.74, 6) is 1.47. The van der Waals surface area contributed by atoms with E-state index in [4.69, 9.17) is 9.47 Å². The third kappa shape index (κ3) is 3.71. The highest BCUT2D eigenvalue weighted by Gasteiger charge is 2.22. The Kier molecular flexibility index (Phi) is 5.12. The van der Waals surface area contributed by atoms with Crippen LogP contribution < -0.4 is 19.7 Å². The summed E-state index contributed by atoms with van der Waals surface area (Å²) in [4.78, 5) is 14.6. The van der Waals surface area contributed by atoms with Gasteiger partial charge in [-0.15, -0.1) is 0 Å². The zero-order valence-corrected chi connectivity index (χ0v) is 14.9. The van der Waals surface area contributed by atoms with Crippen molar-refractivity contribution in [2.45, 2.75) is 19.4 Å². The monoisotopic (exact) mass is 340 g/mol. The molecular formula is C20H24N2O3. The molecule has 1 N–H and O–H groups in total. The Morgan fingerprint density at radius 2 is 2.00 bits per heavy atom. The third-order valence-electron chi connectivity index (χ3n) is 4.60. The van der Waals surface area contributed by atoms with Crippen molar-refractivity contribution in [2.75, 3.05) is 32.2 Å². The molecule has 1 atom stereocenters. The number of anilines is 1. The van der Waals surface area contributed by atoms with Crippen LogP contribution in [-0.2, 0) is 11.2 Å². The van der Waals surface area contributed by atoms with Crippen LogP contribution in [-0.4, -0.2) is 33.2 Å². The number of hydrogen-bond acceptors (Lipinski definition) is 4. The van der Waals surface area contributed by atoms with Gasteiger partial charge in [0.2, 0.25) is 5.91 Å². The Balaban J connectivity index is 1.67. The quantitative estimate of drug-likeness (QED) is 0.878. The Morgan fingerprint density at radius 3 is 2.76 bits per heavy atom. The van der Waals surface area contributed by atoms with Crippen molar-refractivity contribution >= 4 is 11.6 Å². The maximum absolute atomic E-state index is 12.5. The Bertz CT molecular complexity index is 760. The van der Waals surface area contributed by atoms with Gasteiger partial charge in [-0.2, -0.15) is 0 Å². The first kappa shape index (κ1) is 17.1. The number of carbonyl (C=O) groups is 1. The van der Waals surface area contributed by atoms with Crippen LogP contribution in [0.25, 0.3) is 0 Å². The molecule has 0 aromatic heterocycles. The molecule has 0 bridgehead atoms. The van der Waals surface area contributed by atoms with Crippen molar-refractivity contribution in [2.24, 2.45) is 0 Å². The number of nitrogens with zero attached hydrogens (tertiary/aromatic N) is 1. The number of fused-ring (bicyclic) bond motifs is 1. The standard InChI is InChI=1S/C20H24N2O3/c1-14(17-12-16(24-2)8-9-19(17)25-3)21-20(23)13-22-11-10-15-6-4-5-7-18(15)22/h4-9,12,14H,10-11,13H2,1-3H3,(H,21,23)/t14-/m0/s1. The van der Waals surface area contributed by atoms with Crippen LogP contribution >= 0.6 is 0 Å². The van der Waals surface area contributed by atoms with Crippen molar-refractivity contribution in [3.63, 3.8) is 0 Å². The maximum atomic E-state index is 12.5. The summed E-state index contributed by atoms with van der Waals surface area (Å²) in [6, 6.07) is 13.7. The lowest BCUT2D eigenvalue weighted by Gasteiger charge is -2.22. The minimum absolute atomic E-state index is 0.00549. The topological polar surface area (TPSA) is 50.8 Å². The number of amides is 1. The molecule has 132 valence electrons. The summed E-state index contributed by atoms with van der Waals surface area (Å²) in [5, 5.41) is 3.06. The van der Waals surface area contributed by atoms with Gasteiger partial charge in [0, 0.05) is 17.8 Å². The highest BCUT2D eigenvalue weighted by molar-refractivity contribution is 5.82. The van der Waals surface area contributed by atoms with Gasteiger partial charge < -0.3 is 19.7 Å². The second-order valence-corrected chi connectivity index (χ2v) is 6.20. The number of para-hydroxylation sites is 1. The van der Waals surface area contributed by atoms with Crippen LogP contribution in [0.1, 0.15) is 24.1 Å². The van der Waals surface area contributed by atoms with Crippen LogP contribution in [0.15, 0.2) is 42.5 Å². The Hall–Kier alpha value is -2.69. The molecule has 0 aliphatic carbocycles. The number of nitrogens with one attached hydrogen (secondary N) is 1. The molecule has 2 aromatic rings. The van der Waals surface area contributed by atoms with E-state index >= 15 is 0 Å². The first-order valence-electron chi connectivity index (χ1n) is 8.46. The van der Waals surface area contributed by atoms with E-state index in [2.05, 4.69) is 22.3 Å². The summed E-state index contributed by atoms with van der Waals surface area (Å²) in [6.07, 6.45) is 0.989. The van der Waals surface area contributed by atoms with Gasteiger partial charge in [0.05, 0.1) is 26.8 Å². The molecule has 0 radical (unpaired) electrons. The molecule has 1 aliphatic rings. The van der Waals surface area contributed by atoms with E-state index in [1.807, 2.05) is 37.3 Å². The summed E-state index contributed by atoms with van der Waals surface area (Å²) in [5.41, 5.74) is 3.36. The normalized spacial score (nSPS) is 14.0.